The van der Waals surface area contributed by atoms with E-state index in [2.05, 4.69) is 0 Å². The van der Waals surface area contributed by atoms with Crippen LogP contribution in [0.15, 0.2) is 18.2 Å². The van der Waals surface area contributed by atoms with E-state index in [9.17, 15) is 9.90 Å². The molecular formula is C18H26ClNO4. The molecule has 1 aliphatic heterocycles. The average molecular weight is 356 g/mol. The number of benzene rings is 1. The van der Waals surface area contributed by atoms with E-state index in [1.54, 1.807) is 4.90 Å². The highest BCUT2D eigenvalue weighted by molar-refractivity contribution is 6.31. The summed E-state index contributed by atoms with van der Waals surface area (Å²) in [4.78, 5) is 13.9. The molecule has 1 saturated heterocycles. The Bertz CT molecular complexity index is 585. The van der Waals surface area contributed by atoms with Gasteiger partial charge in [0.15, 0.2) is 0 Å². The van der Waals surface area contributed by atoms with Crippen LogP contribution in [-0.4, -0.2) is 48.0 Å². The predicted molar refractivity (Wildman–Crippen MR) is 93.3 cm³/mol. The number of carbonyl (C=O) groups excluding carboxylic acids is 1. The molecule has 0 aliphatic carbocycles. The number of amides is 1. The fourth-order valence-corrected chi connectivity index (χ4v) is 2.87. The van der Waals surface area contributed by atoms with Gasteiger partial charge in [-0.15, -0.1) is 0 Å². The van der Waals surface area contributed by atoms with Gasteiger partial charge in [-0.2, -0.15) is 0 Å². The van der Waals surface area contributed by atoms with Crippen molar-refractivity contribution in [2.24, 2.45) is 5.92 Å². The van der Waals surface area contributed by atoms with Crippen molar-refractivity contribution < 1.29 is 19.4 Å². The summed E-state index contributed by atoms with van der Waals surface area (Å²) in [6, 6.07) is 5.71. The van der Waals surface area contributed by atoms with Crippen molar-refractivity contribution >= 4 is 17.7 Å². The normalized spacial score (nSPS) is 22.2. The van der Waals surface area contributed by atoms with Gasteiger partial charge >= 0.3 is 6.09 Å². The van der Waals surface area contributed by atoms with E-state index in [0.717, 1.165) is 11.1 Å². The molecular weight excluding hydrogens is 330 g/mol. The maximum Gasteiger partial charge on any atom is 0.410 e. The second-order valence-electron chi connectivity index (χ2n) is 7.17. The summed E-state index contributed by atoms with van der Waals surface area (Å²) in [6.07, 6.45) is -0.657. The Morgan fingerprint density at radius 2 is 2.17 bits per heavy atom. The number of halogens is 1. The highest BCUT2D eigenvalue weighted by Crippen LogP contribution is 2.31. The minimum Gasteiger partial charge on any atom is -0.444 e. The number of rotatable bonds is 2. The lowest BCUT2D eigenvalue weighted by Crippen LogP contribution is -2.40. The molecule has 0 aromatic heterocycles. The molecule has 2 rings (SSSR count). The molecule has 1 amide bonds. The Kier molecular flexibility index (Phi) is 6.12. The molecule has 1 heterocycles. The van der Waals surface area contributed by atoms with Crippen molar-refractivity contribution in [3.63, 3.8) is 0 Å². The van der Waals surface area contributed by atoms with E-state index in [-0.39, 0.29) is 24.7 Å². The predicted octanol–water partition coefficient (Wildman–Crippen LogP) is 3.57. The zero-order valence-corrected chi connectivity index (χ0v) is 15.5. The van der Waals surface area contributed by atoms with Crippen LogP contribution in [0.2, 0.25) is 5.02 Å². The van der Waals surface area contributed by atoms with Gasteiger partial charge in [0.1, 0.15) is 5.60 Å². The number of aliphatic hydroxyl groups is 1. The van der Waals surface area contributed by atoms with E-state index in [1.807, 2.05) is 45.9 Å². The molecule has 1 aliphatic rings. The molecule has 5 nitrogen and oxygen atoms in total. The first-order valence-corrected chi connectivity index (χ1v) is 8.55. The number of aliphatic hydroxyl groups excluding tert-OH is 1. The van der Waals surface area contributed by atoms with Gasteiger partial charge < -0.3 is 19.5 Å². The molecule has 0 unspecified atom stereocenters. The molecule has 0 spiro atoms. The number of carbonyl (C=O) groups is 1. The van der Waals surface area contributed by atoms with Crippen molar-refractivity contribution in [2.75, 3.05) is 26.3 Å². The first-order chi connectivity index (χ1) is 11.2. The summed E-state index contributed by atoms with van der Waals surface area (Å²) in [5.41, 5.74) is 1.37. The number of aryl methyl sites for hydroxylation is 1. The number of nitrogens with zero attached hydrogens (tertiary/aromatic N) is 1. The van der Waals surface area contributed by atoms with Gasteiger partial charge in [-0.3, -0.25) is 0 Å². The smallest absolute Gasteiger partial charge is 0.410 e. The van der Waals surface area contributed by atoms with E-state index in [1.165, 1.54) is 0 Å². The fourth-order valence-electron chi connectivity index (χ4n) is 2.76. The minimum absolute atomic E-state index is 0.0777. The second-order valence-corrected chi connectivity index (χ2v) is 7.58. The minimum atomic E-state index is -0.550. The SMILES string of the molecule is Cc1cc([C@H]2OCCN(C(=O)OC(C)(C)C)C[C@@H]2CO)ccc1Cl. The molecule has 2 atom stereocenters. The van der Waals surface area contributed by atoms with E-state index in [0.29, 0.717) is 24.7 Å². The van der Waals surface area contributed by atoms with Gasteiger partial charge in [0, 0.05) is 24.0 Å². The van der Waals surface area contributed by atoms with Crippen molar-refractivity contribution in [3.8, 4) is 0 Å². The molecule has 0 bridgehead atoms. The summed E-state index contributed by atoms with van der Waals surface area (Å²) < 4.78 is 11.4. The van der Waals surface area contributed by atoms with Crippen molar-refractivity contribution in [3.05, 3.63) is 34.3 Å². The van der Waals surface area contributed by atoms with Gasteiger partial charge in [0.2, 0.25) is 0 Å². The van der Waals surface area contributed by atoms with Gasteiger partial charge in [0.25, 0.3) is 0 Å². The average Bonchev–Trinajstić information content (AvgIpc) is 2.70. The van der Waals surface area contributed by atoms with Crippen LogP contribution in [-0.2, 0) is 9.47 Å². The largest absolute Gasteiger partial charge is 0.444 e. The van der Waals surface area contributed by atoms with Gasteiger partial charge in [-0.25, -0.2) is 4.79 Å². The highest BCUT2D eigenvalue weighted by Gasteiger charge is 2.32. The lowest BCUT2D eigenvalue weighted by Gasteiger charge is -2.29. The first-order valence-electron chi connectivity index (χ1n) is 8.17. The van der Waals surface area contributed by atoms with E-state index in [4.69, 9.17) is 21.1 Å². The Morgan fingerprint density at radius 3 is 2.75 bits per heavy atom. The Hall–Kier alpha value is -1.30. The third kappa shape index (κ3) is 4.85. The molecule has 0 radical (unpaired) electrons. The quantitative estimate of drug-likeness (QED) is 0.881. The molecule has 1 aromatic carbocycles. The summed E-state index contributed by atoms with van der Waals surface area (Å²) in [6.45, 7) is 8.58. The third-order valence-corrected chi connectivity index (χ3v) is 4.36. The topological polar surface area (TPSA) is 59.0 Å². The third-order valence-electron chi connectivity index (χ3n) is 3.94. The van der Waals surface area contributed by atoms with Gasteiger partial charge in [-0.1, -0.05) is 23.7 Å². The van der Waals surface area contributed by atoms with Gasteiger partial charge in [0.05, 0.1) is 19.3 Å². The summed E-state index contributed by atoms with van der Waals surface area (Å²) in [5.74, 6) is -0.222. The monoisotopic (exact) mass is 355 g/mol. The second kappa shape index (κ2) is 7.72. The lowest BCUT2D eigenvalue weighted by atomic mass is 9.95. The van der Waals surface area contributed by atoms with Crippen LogP contribution >= 0.6 is 11.6 Å². The first kappa shape index (κ1) is 19.0. The van der Waals surface area contributed by atoms with E-state index < -0.39 is 5.60 Å². The van der Waals surface area contributed by atoms with Crippen LogP contribution in [0.1, 0.15) is 38.0 Å². The van der Waals surface area contributed by atoms with Crippen LogP contribution < -0.4 is 0 Å². The van der Waals surface area contributed by atoms with Crippen molar-refractivity contribution in [2.45, 2.75) is 39.4 Å². The standard InChI is InChI=1S/C18H26ClNO4/c1-12-9-13(5-6-15(12)19)16-14(11-21)10-20(7-8-23-16)17(22)24-18(2,3)4/h5-6,9,14,16,21H,7-8,10-11H2,1-4H3/t14-,16-/m1/s1. The molecule has 1 fully saturated rings. The van der Waals surface area contributed by atoms with Crippen molar-refractivity contribution in [1.29, 1.82) is 0 Å². The number of hydrogen-bond donors (Lipinski definition) is 1. The highest BCUT2D eigenvalue weighted by atomic mass is 35.5. The molecule has 1 aromatic rings. The Morgan fingerprint density at radius 1 is 1.46 bits per heavy atom. The molecule has 6 heteroatoms. The van der Waals surface area contributed by atoms with Gasteiger partial charge in [-0.05, 0) is 44.9 Å². The zero-order valence-electron chi connectivity index (χ0n) is 14.7. The maximum absolute atomic E-state index is 12.3. The van der Waals surface area contributed by atoms with Crippen LogP contribution in [0.25, 0.3) is 0 Å². The summed E-state index contributed by atoms with van der Waals surface area (Å²) in [5, 5.41) is 10.5. The van der Waals surface area contributed by atoms with Crippen molar-refractivity contribution in [1.82, 2.24) is 4.90 Å². The molecule has 1 N–H and O–H groups in total. The molecule has 134 valence electrons. The number of ether oxygens (including phenoxy) is 2. The van der Waals surface area contributed by atoms with Crippen LogP contribution in [0, 0.1) is 12.8 Å². The summed E-state index contributed by atoms with van der Waals surface area (Å²) in [7, 11) is 0. The van der Waals surface area contributed by atoms with Crippen LogP contribution in [0.3, 0.4) is 0 Å². The molecule has 0 saturated carbocycles. The zero-order chi connectivity index (χ0) is 17.9. The van der Waals surface area contributed by atoms with Crippen LogP contribution in [0.5, 0.6) is 0 Å². The Labute approximate surface area is 148 Å². The summed E-state index contributed by atoms with van der Waals surface area (Å²) >= 11 is 6.09. The lowest BCUT2D eigenvalue weighted by molar-refractivity contribution is 0.0108. The number of hydrogen-bond acceptors (Lipinski definition) is 4. The molecule has 24 heavy (non-hydrogen) atoms. The van der Waals surface area contributed by atoms with Crippen LogP contribution in [0.4, 0.5) is 4.79 Å². The van der Waals surface area contributed by atoms with E-state index >= 15 is 0 Å². The maximum atomic E-state index is 12.3. The fraction of sp³-hybridized carbons (Fsp3) is 0.611. The Balaban J connectivity index is 2.16.